The lowest BCUT2D eigenvalue weighted by atomic mass is 9.86. The Morgan fingerprint density at radius 3 is 2.78 bits per heavy atom. The molecule has 23 heavy (non-hydrogen) atoms. The zero-order valence-corrected chi connectivity index (χ0v) is 13.5. The minimum atomic E-state index is 0.323. The van der Waals surface area contributed by atoms with Crippen molar-refractivity contribution in [2.75, 3.05) is 0 Å². The molecular weight excluding hydrogens is 290 g/mol. The molecule has 1 aliphatic rings. The SMILES string of the molecule is Cc1nn(C)c2cc(-c3noc([C@H]4CC[C@H](N)CC4)n3)ccc12. The minimum absolute atomic E-state index is 0.323. The molecule has 1 fully saturated rings. The van der Waals surface area contributed by atoms with Crippen molar-refractivity contribution in [2.45, 2.75) is 44.6 Å². The quantitative estimate of drug-likeness (QED) is 0.786. The number of nitrogens with two attached hydrogens (primary N) is 1. The van der Waals surface area contributed by atoms with E-state index in [4.69, 9.17) is 10.3 Å². The molecule has 4 rings (SSSR count). The largest absolute Gasteiger partial charge is 0.339 e. The van der Waals surface area contributed by atoms with E-state index in [-0.39, 0.29) is 0 Å². The average molecular weight is 311 g/mol. The zero-order chi connectivity index (χ0) is 16.0. The highest BCUT2D eigenvalue weighted by Crippen LogP contribution is 2.32. The zero-order valence-electron chi connectivity index (χ0n) is 13.5. The number of hydrogen-bond donors (Lipinski definition) is 1. The van der Waals surface area contributed by atoms with Crippen molar-refractivity contribution in [2.24, 2.45) is 12.8 Å². The van der Waals surface area contributed by atoms with E-state index < -0.39 is 0 Å². The summed E-state index contributed by atoms with van der Waals surface area (Å²) in [5, 5.41) is 9.78. The lowest BCUT2D eigenvalue weighted by Crippen LogP contribution is -2.25. The fraction of sp³-hybridized carbons (Fsp3) is 0.471. The molecule has 1 saturated carbocycles. The van der Waals surface area contributed by atoms with Crippen molar-refractivity contribution < 1.29 is 4.52 Å². The third kappa shape index (κ3) is 2.53. The van der Waals surface area contributed by atoms with Crippen LogP contribution in [0.3, 0.4) is 0 Å². The van der Waals surface area contributed by atoms with Crippen molar-refractivity contribution in [3.05, 3.63) is 29.8 Å². The molecule has 6 heteroatoms. The fourth-order valence-electron chi connectivity index (χ4n) is 3.46. The summed E-state index contributed by atoms with van der Waals surface area (Å²) in [6.07, 6.45) is 4.12. The summed E-state index contributed by atoms with van der Waals surface area (Å²) >= 11 is 0. The molecule has 6 nitrogen and oxygen atoms in total. The van der Waals surface area contributed by atoms with Gasteiger partial charge in [0, 0.05) is 30.0 Å². The molecule has 120 valence electrons. The third-order valence-corrected chi connectivity index (χ3v) is 4.86. The maximum Gasteiger partial charge on any atom is 0.230 e. The number of aryl methyl sites for hydroxylation is 2. The van der Waals surface area contributed by atoms with Gasteiger partial charge in [-0.3, -0.25) is 4.68 Å². The van der Waals surface area contributed by atoms with Crippen LogP contribution in [0.4, 0.5) is 0 Å². The van der Waals surface area contributed by atoms with Gasteiger partial charge in [0.25, 0.3) is 0 Å². The third-order valence-electron chi connectivity index (χ3n) is 4.86. The molecule has 1 aliphatic carbocycles. The monoisotopic (exact) mass is 311 g/mol. The van der Waals surface area contributed by atoms with E-state index >= 15 is 0 Å². The topological polar surface area (TPSA) is 82.8 Å². The lowest BCUT2D eigenvalue weighted by molar-refractivity contribution is 0.301. The molecule has 0 bridgehead atoms. The Labute approximate surface area is 134 Å². The van der Waals surface area contributed by atoms with Crippen molar-refractivity contribution >= 4 is 10.9 Å². The van der Waals surface area contributed by atoms with Crippen LogP contribution in [0.2, 0.25) is 0 Å². The standard InChI is InChI=1S/C17H21N5O/c1-10-14-8-5-12(9-15(14)22(2)20-10)16-19-17(23-21-16)11-3-6-13(18)7-4-11/h5,8-9,11,13H,3-4,6-7,18H2,1-2H3/t11-,13-. The Hall–Kier alpha value is -2.21. The highest BCUT2D eigenvalue weighted by molar-refractivity contribution is 5.85. The Kier molecular flexibility index (Phi) is 3.41. The number of hydrogen-bond acceptors (Lipinski definition) is 5. The second-order valence-corrected chi connectivity index (χ2v) is 6.51. The van der Waals surface area contributed by atoms with Crippen LogP contribution in [0.5, 0.6) is 0 Å². The first-order chi connectivity index (χ1) is 11.1. The first kappa shape index (κ1) is 14.4. The van der Waals surface area contributed by atoms with Gasteiger partial charge >= 0.3 is 0 Å². The Morgan fingerprint density at radius 2 is 2.00 bits per heavy atom. The first-order valence-electron chi connectivity index (χ1n) is 8.14. The summed E-state index contributed by atoms with van der Waals surface area (Å²) in [6.45, 7) is 2.02. The van der Waals surface area contributed by atoms with Gasteiger partial charge in [-0.15, -0.1) is 0 Å². The van der Waals surface area contributed by atoms with Gasteiger partial charge in [-0.1, -0.05) is 17.3 Å². The second kappa shape index (κ2) is 5.45. The van der Waals surface area contributed by atoms with Crippen LogP contribution in [0.25, 0.3) is 22.3 Å². The van der Waals surface area contributed by atoms with Gasteiger partial charge < -0.3 is 10.3 Å². The molecule has 3 aromatic rings. The molecule has 2 aromatic heterocycles. The smallest absolute Gasteiger partial charge is 0.230 e. The summed E-state index contributed by atoms with van der Waals surface area (Å²) in [5.41, 5.74) is 9.03. The Balaban J connectivity index is 1.65. The molecule has 2 heterocycles. The van der Waals surface area contributed by atoms with Crippen molar-refractivity contribution in [1.82, 2.24) is 19.9 Å². The van der Waals surface area contributed by atoms with E-state index in [0.717, 1.165) is 53.7 Å². The predicted molar refractivity (Wildman–Crippen MR) is 87.9 cm³/mol. The number of nitrogens with zero attached hydrogens (tertiary/aromatic N) is 4. The van der Waals surface area contributed by atoms with Crippen LogP contribution in [0.1, 0.15) is 43.2 Å². The van der Waals surface area contributed by atoms with Crippen LogP contribution in [-0.2, 0) is 7.05 Å². The van der Waals surface area contributed by atoms with Gasteiger partial charge in [-0.2, -0.15) is 10.1 Å². The van der Waals surface area contributed by atoms with E-state index in [1.165, 1.54) is 0 Å². The van der Waals surface area contributed by atoms with E-state index in [1.54, 1.807) is 0 Å². The summed E-state index contributed by atoms with van der Waals surface area (Å²) in [6, 6.07) is 6.50. The summed E-state index contributed by atoms with van der Waals surface area (Å²) in [5.74, 6) is 1.74. The lowest BCUT2D eigenvalue weighted by Gasteiger charge is -2.22. The normalized spacial score (nSPS) is 21.9. The number of rotatable bonds is 2. The maximum atomic E-state index is 5.97. The van der Waals surface area contributed by atoms with Crippen LogP contribution in [0.15, 0.2) is 22.7 Å². The molecule has 0 aliphatic heterocycles. The van der Waals surface area contributed by atoms with Crippen LogP contribution in [-0.4, -0.2) is 26.0 Å². The number of benzene rings is 1. The van der Waals surface area contributed by atoms with Crippen LogP contribution >= 0.6 is 0 Å². The molecule has 0 atom stereocenters. The molecule has 0 unspecified atom stereocenters. The predicted octanol–water partition coefficient (Wildman–Crippen LogP) is 2.92. The molecule has 0 radical (unpaired) electrons. The van der Waals surface area contributed by atoms with Gasteiger partial charge in [-0.05, 0) is 38.7 Å². The van der Waals surface area contributed by atoms with Gasteiger partial charge in [0.2, 0.25) is 11.7 Å². The van der Waals surface area contributed by atoms with E-state index in [9.17, 15) is 0 Å². The average Bonchev–Trinajstić information content (AvgIpc) is 3.14. The Bertz CT molecular complexity index is 842. The van der Waals surface area contributed by atoms with Crippen molar-refractivity contribution in [3.63, 3.8) is 0 Å². The molecular formula is C17H21N5O. The van der Waals surface area contributed by atoms with Gasteiger partial charge in [0.1, 0.15) is 0 Å². The number of aromatic nitrogens is 4. The van der Waals surface area contributed by atoms with E-state index in [1.807, 2.05) is 24.7 Å². The molecule has 0 saturated heterocycles. The molecule has 1 aromatic carbocycles. The van der Waals surface area contributed by atoms with E-state index in [2.05, 4.69) is 27.4 Å². The summed E-state index contributed by atoms with van der Waals surface area (Å²) in [7, 11) is 1.95. The second-order valence-electron chi connectivity index (χ2n) is 6.51. The van der Waals surface area contributed by atoms with Gasteiger partial charge in [0.15, 0.2) is 0 Å². The summed E-state index contributed by atoms with van der Waals surface area (Å²) < 4.78 is 7.40. The maximum absolute atomic E-state index is 5.97. The van der Waals surface area contributed by atoms with Gasteiger partial charge in [0.05, 0.1) is 11.2 Å². The summed E-state index contributed by atoms with van der Waals surface area (Å²) in [4.78, 5) is 4.62. The first-order valence-corrected chi connectivity index (χ1v) is 8.14. The van der Waals surface area contributed by atoms with Crippen LogP contribution in [0, 0.1) is 6.92 Å². The highest BCUT2D eigenvalue weighted by atomic mass is 16.5. The molecule has 0 amide bonds. The Morgan fingerprint density at radius 1 is 1.22 bits per heavy atom. The van der Waals surface area contributed by atoms with Crippen LogP contribution < -0.4 is 5.73 Å². The van der Waals surface area contributed by atoms with Gasteiger partial charge in [-0.25, -0.2) is 0 Å². The van der Waals surface area contributed by atoms with Crippen molar-refractivity contribution in [3.8, 4) is 11.4 Å². The number of fused-ring (bicyclic) bond motifs is 1. The highest BCUT2D eigenvalue weighted by Gasteiger charge is 2.25. The van der Waals surface area contributed by atoms with Crippen molar-refractivity contribution in [1.29, 1.82) is 0 Å². The fourth-order valence-corrected chi connectivity index (χ4v) is 3.46. The molecule has 0 spiro atoms. The molecule has 2 N–H and O–H groups in total. The van der Waals surface area contributed by atoms with E-state index in [0.29, 0.717) is 17.8 Å². The minimum Gasteiger partial charge on any atom is -0.339 e.